The molecule has 0 fully saturated rings. The highest BCUT2D eigenvalue weighted by molar-refractivity contribution is 6.33. The molecule has 0 spiro atoms. The zero-order valence-corrected chi connectivity index (χ0v) is 8.77. The Labute approximate surface area is 88.4 Å². The number of hydrogen-bond acceptors (Lipinski definition) is 2. The summed E-state index contributed by atoms with van der Waals surface area (Å²) in [5, 5.41) is 0.469. The number of halogens is 1. The second kappa shape index (κ2) is 4.29. The summed E-state index contributed by atoms with van der Waals surface area (Å²) >= 11 is 5.74. The summed E-state index contributed by atoms with van der Waals surface area (Å²) in [6.45, 7) is 5.50. The fraction of sp³-hybridized carbons (Fsp3) is 0.182. The molecule has 0 bridgehead atoms. The Hall–Kier alpha value is -1.28. The van der Waals surface area contributed by atoms with Crippen LogP contribution < -0.4 is 5.73 Å². The van der Waals surface area contributed by atoms with Gasteiger partial charge in [0, 0.05) is 12.0 Å². The van der Waals surface area contributed by atoms with Crippen LogP contribution in [0, 0.1) is 0 Å². The van der Waals surface area contributed by atoms with Crippen LogP contribution in [0.3, 0.4) is 0 Å². The lowest BCUT2D eigenvalue weighted by Crippen LogP contribution is -2.00. The molecule has 0 aromatic heterocycles. The summed E-state index contributed by atoms with van der Waals surface area (Å²) in [4.78, 5) is 11.6. The van der Waals surface area contributed by atoms with Crippen molar-refractivity contribution in [3.8, 4) is 0 Å². The third kappa shape index (κ3) is 2.60. The highest BCUT2D eigenvalue weighted by Crippen LogP contribution is 2.20. The maximum absolute atomic E-state index is 11.6. The van der Waals surface area contributed by atoms with Crippen LogP contribution in [-0.4, -0.2) is 5.78 Å². The lowest BCUT2D eigenvalue weighted by atomic mass is 10.0. The monoisotopic (exact) mass is 209 g/mol. The normalized spacial score (nSPS) is 9.86. The summed E-state index contributed by atoms with van der Waals surface area (Å²) < 4.78 is 0. The molecule has 0 aliphatic carbocycles. The summed E-state index contributed by atoms with van der Waals surface area (Å²) in [5.74, 6) is 0.0147. The van der Waals surface area contributed by atoms with Crippen molar-refractivity contribution in [2.24, 2.45) is 0 Å². The van der Waals surface area contributed by atoms with Crippen molar-refractivity contribution >= 4 is 23.1 Å². The molecule has 1 rings (SSSR count). The van der Waals surface area contributed by atoms with Gasteiger partial charge in [-0.15, -0.1) is 0 Å². The summed E-state index contributed by atoms with van der Waals surface area (Å²) in [6, 6.07) is 4.89. The van der Waals surface area contributed by atoms with E-state index in [2.05, 4.69) is 6.58 Å². The number of carbonyl (C=O) groups excluding carboxylic acids is 1. The minimum Gasteiger partial charge on any atom is -0.398 e. The number of rotatable bonds is 3. The maximum Gasteiger partial charge on any atom is 0.166 e. The van der Waals surface area contributed by atoms with Gasteiger partial charge in [0.25, 0.3) is 0 Å². The van der Waals surface area contributed by atoms with Crippen LogP contribution in [0.4, 0.5) is 5.69 Å². The van der Waals surface area contributed by atoms with Crippen molar-refractivity contribution in [3.63, 3.8) is 0 Å². The van der Waals surface area contributed by atoms with Gasteiger partial charge >= 0.3 is 0 Å². The van der Waals surface area contributed by atoms with E-state index in [1.54, 1.807) is 18.2 Å². The Bertz CT molecular complexity index is 385. The zero-order valence-electron chi connectivity index (χ0n) is 8.01. The van der Waals surface area contributed by atoms with Gasteiger partial charge in [-0.25, -0.2) is 0 Å². The van der Waals surface area contributed by atoms with Crippen molar-refractivity contribution in [2.75, 3.05) is 5.73 Å². The first-order chi connectivity index (χ1) is 6.50. The number of nitrogen functional groups attached to an aromatic ring is 1. The molecule has 0 saturated carbocycles. The molecule has 0 heterocycles. The average Bonchev–Trinajstić information content (AvgIpc) is 2.08. The Morgan fingerprint density at radius 1 is 1.57 bits per heavy atom. The number of benzene rings is 1. The predicted molar refractivity (Wildman–Crippen MR) is 59.6 cm³/mol. The van der Waals surface area contributed by atoms with E-state index >= 15 is 0 Å². The van der Waals surface area contributed by atoms with Crippen molar-refractivity contribution in [3.05, 3.63) is 40.9 Å². The Balaban J connectivity index is 2.91. The van der Waals surface area contributed by atoms with E-state index in [1.807, 2.05) is 6.92 Å². The second-order valence-electron chi connectivity index (χ2n) is 3.29. The molecule has 14 heavy (non-hydrogen) atoms. The summed E-state index contributed by atoms with van der Waals surface area (Å²) in [7, 11) is 0. The molecule has 0 aliphatic heterocycles. The molecule has 2 N–H and O–H groups in total. The molecule has 0 saturated heterocycles. The van der Waals surface area contributed by atoms with Gasteiger partial charge < -0.3 is 5.73 Å². The third-order valence-corrected chi connectivity index (χ3v) is 2.12. The highest BCUT2D eigenvalue weighted by Gasteiger charge is 2.07. The minimum absolute atomic E-state index is 0.0147. The quantitative estimate of drug-likeness (QED) is 0.472. The number of ketones is 1. The van der Waals surface area contributed by atoms with Crippen LogP contribution in [0.25, 0.3) is 0 Å². The van der Waals surface area contributed by atoms with E-state index in [0.717, 1.165) is 5.57 Å². The van der Waals surface area contributed by atoms with Gasteiger partial charge in [0.15, 0.2) is 5.78 Å². The zero-order chi connectivity index (χ0) is 10.7. The van der Waals surface area contributed by atoms with Crippen LogP contribution in [0.5, 0.6) is 0 Å². The molecule has 74 valence electrons. The Morgan fingerprint density at radius 2 is 2.21 bits per heavy atom. The van der Waals surface area contributed by atoms with E-state index in [4.69, 9.17) is 17.3 Å². The molecule has 0 amide bonds. The van der Waals surface area contributed by atoms with Gasteiger partial charge in [-0.3, -0.25) is 4.79 Å². The fourth-order valence-electron chi connectivity index (χ4n) is 1.09. The number of Topliss-reactive ketones (excluding diaryl/α,β-unsaturated/α-hetero) is 1. The van der Waals surface area contributed by atoms with Crippen molar-refractivity contribution in [1.29, 1.82) is 0 Å². The van der Waals surface area contributed by atoms with Gasteiger partial charge in [0.1, 0.15) is 0 Å². The third-order valence-electron chi connectivity index (χ3n) is 1.78. The van der Waals surface area contributed by atoms with Crippen molar-refractivity contribution in [1.82, 2.24) is 0 Å². The van der Waals surface area contributed by atoms with E-state index in [0.29, 0.717) is 22.7 Å². The van der Waals surface area contributed by atoms with Gasteiger partial charge in [0.2, 0.25) is 0 Å². The number of allylic oxidation sites excluding steroid dienone is 1. The number of hydrogen-bond donors (Lipinski definition) is 1. The smallest absolute Gasteiger partial charge is 0.166 e. The van der Waals surface area contributed by atoms with Crippen molar-refractivity contribution < 1.29 is 4.79 Å². The lowest BCUT2D eigenvalue weighted by Gasteiger charge is -2.03. The molecule has 1 aromatic carbocycles. The SMILES string of the molecule is C=C(C)CC(=O)c1ccc(Cl)c(N)c1. The number of anilines is 1. The van der Waals surface area contributed by atoms with Crippen molar-refractivity contribution in [2.45, 2.75) is 13.3 Å². The van der Waals surface area contributed by atoms with E-state index in [-0.39, 0.29) is 5.78 Å². The molecule has 0 unspecified atom stereocenters. The first kappa shape index (κ1) is 10.8. The molecule has 0 atom stereocenters. The van der Waals surface area contributed by atoms with Crippen LogP contribution >= 0.6 is 11.6 Å². The second-order valence-corrected chi connectivity index (χ2v) is 3.70. The van der Waals surface area contributed by atoms with E-state index in [9.17, 15) is 4.79 Å². The number of nitrogens with two attached hydrogens (primary N) is 1. The lowest BCUT2D eigenvalue weighted by molar-refractivity contribution is 0.0993. The fourth-order valence-corrected chi connectivity index (χ4v) is 1.21. The largest absolute Gasteiger partial charge is 0.398 e. The molecule has 3 heteroatoms. The molecule has 1 aromatic rings. The maximum atomic E-state index is 11.6. The molecule has 2 nitrogen and oxygen atoms in total. The standard InChI is InChI=1S/C11H12ClNO/c1-7(2)5-11(14)8-3-4-9(12)10(13)6-8/h3-4,6H,1,5,13H2,2H3. The van der Waals surface area contributed by atoms with Gasteiger partial charge in [-0.05, 0) is 25.1 Å². The minimum atomic E-state index is 0.0147. The first-order valence-electron chi connectivity index (χ1n) is 4.23. The van der Waals surface area contributed by atoms with Crippen LogP contribution in [-0.2, 0) is 0 Å². The average molecular weight is 210 g/mol. The van der Waals surface area contributed by atoms with Gasteiger partial charge in [-0.1, -0.05) is 23.8 Å². The van der Waals surface area contributed by atoms with Crippen LogP contribution in [0.15, 0.2) is 30.4 Å². The Morgan fingerprint density at radius 3 is 2.71 bits per heavy atom. The molecule has 0 radical (unpaired) electrons. The molecular weight excluding hydrogens is 198 g/mol. The number of carbonyl (C=O) groups is 1. The molecule has 0 aliphatic rings. The van der Waals surface area contributed by atoms with E-state index in [1.165, 1.54) is 0 Å². The van der Waals surface area contributed by atoms with E-state index < -0.39 is 0 Å². The van der Waals surface area contributed by atoms with Crippen LogP contribution in [0.2, 0.25) is 5.02 Å². The summed E-state index contributed by atoms with van der Waals surface area (Å²) in [5.41, 5.74) is 7.43. The molecular formula is C11H12ClNO. The van der Waals surface area contributed by atoms with Gasteiger partial charge in [0.05, 0.1) is 10.7 Å². The van der Waals surface area contributed by atoms with Crippen LogP contribution in [0.1, 0.15) is 23.7 Å². The first-order valence-corrected chi connectivity index (χ1v) is 4.61. The van der Waals surface area contributed by atoms with Gasteiger partial charge in [-0.2, -0.15) is 0 Å². The summed E-state index contributed by atoms with van der Waals surface area (Å²) in [6.07, 6.45) is 0.348. The predicted octanol–water partition coefficient (Wildman–Crippen LogP) is 3.07. The highest BCUT2D eigenvalue weighted by atomic mass is 35.5. The Kier molecular flexibility index (Phi) is 3.31. The topological polar surface area (TPSA) is 43.1 Å².